The average Bonchev–Trinajstić information content (AvgIpc) is 3.42. The summed E-state index contributed by atoms with van der Waals surface area (Å²) in [7, 11) is 0. The van der Waals surface area contributed by atoms with Crippen LogP contribution in [0.2, 0.25) is 0 Å². The number of nitrogens with zero attached hydrogens (tertiary/aromatic N) is 3. The van der Waals surface area contributed by atoms with Crippen molar-refractivity contribution in [2.45, 2.75) is 43.1 Å². The zero-order chi connectivity index (χ0) is 19.5. The van der Waals surface area contributed by atoms with Gasteiger partial charge in [-0.05, 0) is 31.9 Å². The zero-order valence-electron chi connectivity index (χ0n) is 15.4. The minimum atomic E-state index is -0.217. The topological polar surface area (TPSA) is 76.9 Å². The molecular formula is C20H20N4O2S2. The molecule has 1 N–H and O–H groups in total. The molecule has 0 atom stereocenters. The fourth-order valence-corrected chi connectivity index (χ4v) is 4.59. The molecule has 28 heavy (non-hydrogen) atoms. The fraction of sp³-hybridized carbons (Fsp3) is 0.300. The first kappa shape index (κ1) is 18.9. The molecule has 0 bridgehead atoms. The Bertz CT molecular complexity index is 1040. The van der Waals surface area contributed by atoms with Gasteiger partial charge in [-0.15, -0.1) is 11.3 Å². The maximum atomic E-state index is 12.2. The SMILES string of the molecule is Cc1ccc(NC(=O)Cc2nc(CSc3nc(=O)ccn3C3CC3)cs2)cc1. The van der Waals surface area contributed by atoms with Crippen molar-refractivity contribution in [3.8, 4) is 0 Å². The summed E-state index contributed by atoms with van der Waals surface area (Å²) >= 11 is 2.99. The maximum Gasteiger partial charge on any atom is 0.273 e. The molecule has 0 unspecified atom stereocenters. The van der Waals surface area contributed by atoms with Gasteiger partial charge in [0.05, 0.1) is 12.1 Å². The number of amides is 1. The van der Waals surface area contributed by atoms with E-state index in [1.807, 2.05) is 42.8 Å². The molecule has 2 heterocycles. The summed E-state index contributed by atoms with van der Waals surface area (Å²) in [5.74, 6) is 0.545. The van der Waals surface area contributed by atoms with Crippen molar-refractivity contribution in [1.82, 2.24) is 14.5 Å². The highest BCUT2D eigenvalue weighted by Gasteiger charge is 2.25. The Labute approximate surface area is 171 Å². The molecule has 8 heteroatoms. The minimum absolute atomic E-state index is 0.0790. The van der Waals surface area contributed by atoms with Crippen LogP contribution in [0.15, 0.2) is 51.9 Å². The van der Waals surface area contributed by atoms with Crippen molar-refractivity contribution in [2.75, 3.05) is 5.32 Å². The van der Waals surface area contributed by atoms with E-state index >= 15 is 0 Å². The number of rotatable bonds is 7. The van der Waals surface area contributed by atoms with E-state index in [9.17, 15) is 9.59 Å². The van der Waals surface area contributed by atoms with Crippen LogP contribution in [0.4, 0.5) is 5.69 Å². The summed E-state index contributed by atoms with van der Waals surface area (Å²) in [6, 6.07) is 9.69. The van der Waals surface area contributed by atoms with E-state index in [0.29, 0.717) is 11.8 Å². The van der Waals surface area contributed by atoms with E-state index in [1.165, 1.54) is 29.2 Å². The Kier molecular flexibility index (Phi) is 5.59. The number of anilines is 1. The lowest BCUT2D eigenvalue weighted by molar-refractivity contribution is -0.115. The van der Waals surface area contributed by atoms with Crippen LogP contribution in [0.5, 0.6) is 0 Å². The number of carbonyl (C=O) groups is 1. The third-order valence-electron chi connectivity index (χ3n) is 4.34. The molecule has 0 saturated heterocycles. The van der Waals surface area contributed by atoms with Crippen molar-refractivity contribution >= 4 is 34.7 Å². The summed E-state index contributed by atoms with van der Waals surface area (Å²) in [4.78, 5) is 32.5. The minimum Gasteiger partial charge on any atom is -0.326 e. The van der Waals surface area contributed by atoms with Crippen LogP contribution in [-0.4, -0.2) is 20.4 Å². The highest BCUT2D eigenvalue weighted by molar-refractivity contribution is 7.98. The summed E-state index contributed by atoms with van der Waals surface area (Å²) < 4.78 is 2.08. The van der Waals surface area contributed by atoms with Gasteiger partial charge in [-0.1, -0.05) is 29.5 Å². The number of nitrogens with one attached hydrogen (secondary N) is 1. The third kappa shape index (κ3) is 4.88. The lowest BCUT2D eigenvalue weighted by atomic mass is 10.2. The van der Waals surface area contributed by atoms with Crippen LogP contribution in [0, 0.1) is 6.92 Å². The van der Waals surface area contributed by atoms with E-state index in [1.54, 1.807) is 0 Å². The van der Waals surface area contributed by atoms with Gasteiger partial charge in [0.25, 0.3) is 5.56 Å². The Morgan fingerprint density at radius 3 is 2.79 bits per heavy atom. The van der Waals surface area contributed by atoms with Crippen LogP contribution >= 0.6 is 23.1 Å². The van der Waals surface area contributed by atoms with Crippen molar-refractivity contribution in [1.29, 1.82) is 0 Å². The van der Waals surface area contributed by atoms with Crippen molar-refractivity contribution in [3.63, 3.8) is 0 Å². The lowest BCUT2D eigenvalue weighted by Crippen LogP contribution is -2.14. The molecule has 3 aromatic rings. The molecule has 1 amide bonds. The fourth-order valence-electron chi connectivity index (χ4n) is 2.75. The molecule has 1 aliphatic carbocycles. The van der Waals surface area contributed by atoms with Crippen molar-refractivity contribution < 1.29 is 4.79 Å². The molecule has 0 aliphatic heterocycles. The van der Waals surface area contributed by atoms with Gasteiger partial charge in [-0.3, -0.25) is 9.59 Å². The zero-order valence-corrected chi connectivity index (χ0v) is 17.1. The van der Waals surface area contributed by atoms with E-state index in [2.05, 4.69) is 19.9 Å². The third-order valence-corrected chi connectivity index (χ3v) is 6.24. The van der Waals surface area contributed by atoms with Gasteiger partial charge in [0, 0.05) is 35.1 Å². The normalized spacial score (nSPS) is 13.5. The molecule has 1 aromatic carbocycles. The van der Waals surface area contributed by atoms with Crippen LogP contribution in [-0.2, 0) is 17.0 Å². The number of thiazole rings is 1. The standard InChI is InChI=1S/C20H20N4O2S2/c1-13-2-4-14(5-3-13)21-18(26)10-19-22-15(11-27-19)12-28-20-23-17(25)8-9-24(20)16-6-7-16/h2-5,8-9,11,16H,6-7,10,12H2,1H3,(H,21,26). The average molecular weight is 413 g/mol. The second-order valence-electron chi connectivity index (χ2n) is 6.80. The van der Waals surface area contributed by atoms with E-state index < -0.39 is 0 Å². The largest absolute Gasteiger partial charge is 0.326 e. The first-order chi connectivity index (χ1) is 13.6. The number of aromatic nitrogens is 3. The number of aryl methyl sites for hydroxylation is 1. The number of hydrogen-bond donors (Lipinski definition) is 1. The Balaban J connectivity index is 1.34. The molecule has 0 radical (unpaired) electrons. The van der Waals surface area contributed by atoms with Gasteiger partial charge in [0.2, 0.25) is 5.91 Å². The van der Waals surface area contributed by atoms with Gasteiger partial charge in [0.15, 0.2) is 5.16 Å². The lowest BCUT2D eigenvalue weighted by Gasteiger charge is -2.09. The van der Waals surface area contributed by atoms with Gasteiger partial charge in [0.1, 0.15) is 5.01 Å². The quantitative estimate of drug-likeness (QED) is 0.472. The van der Waals surface area contributed by atoms with Gasteiger partial charge in [-0.25, -0.2) is 4.98 Å². The predicted octanol–water partition coefficient (Wildman–Crippen LogP) is 3.82. The molecule has 6 nitrogen and oxygen atoms in total. The van der Waals surface area contributed by atoms with Crippen LogP contribution in [0.25, 0.3) is 0 Å². The molecule has 1 saturated carbocycles. The molecule has 2 aromatic heterocycles. The molecule has 1 aliphatic rings. The van der Waals surface area contributed by atoms with Crippen LogP contribution < -0.4 is 10.9 Å². The van der Waals surface area contributed by atoms with Crippen LogP contribution in [0.1, 0.15) is 35.1 Å². The second kappa shape index (κ2) is 8.28. The summed E-state index contributed by atoms with van der Waals surface area (Å²) in [6.45, 7) is 2.01. The van der Waals surface area contributed by atoms with E-state index in [-0.39, 0.29) is 17.9 Å². The van der Waals surface area contributed by atoms with Gasteiger partial charge < -0.3 is 9.88 Å². The monoisotopic (exact) mass is 412 g/mol. The Hall–Kier alpha value is -2.45. The first-order valence-electron chi connectivity index (χ1n) is 9.08. The number of carbonyl (C=O) groups excluding carboxylic acids is 1. The molecule has 4 rings (SSSR count). The second-order valence-corrected chi connectivity index (χ2v) is 8.68. The molecule has 144 valence electrons. The molecular weight excluding hydrogens is 392 g/mol. The van der Waals surface area contributed by atoms with Gasteiger partial charge in [-0.2, -0.15) is 4.98 Å². The van der Waals surface area contributed by atoms with Gasteiger partial charge >= 0.3 is 0 Å². The Morgan fingerprint density at radius 1 is 1.25 bits per heavy atom. The van der Waals surface area contributed by atoms with Crippen LogP contribution in [0.3, 0.4) is 0 Å². The molecule has 0 spiro atoms. The number of benzene rings is 1. The van der Waals surface area contributed by atoms with E-state index in [4.69, 9.17) is 0 Å². The highest BCUT2D eigenvalue weighted by Crippen LogP contribution is 2.37. The first-order valence-corrected chi connectivity index (χ1v) is 10.9. The highest BCUT2D eigenvalue weighted by atomic mass is 32.2. The number of hydrogen-bond acceptors (Lipinski definition) is 6. The molecule has 1 fully saturated rings. The number of thioether (sulfide) groups is 1. The summed E-state index contributed by atoms with van der Waals surface area (Å²) in [5, 5.41) is 6.37. The smallest absolute Gasteiger partial charge is 0.273 e. The summed E-state index contributed by atoms with van der Waals surface area (Å²) in [6.07, 6.45) is 4.35. The predicted molar refractivity (Wildman–Crippen MR) is 112 cm³/mol. The summed E-state index contributed by atoms with van der Waals surface area (Å²) in [5.41, 5.74) is 2.62. The van der Waals surface area contributed by atoms with Crippen molar-refractivity contribution in [3.05, 3.63) is 68.5 Å². The van der Waals surface area contributed by atoms with Crippen molar-refractivity contribution in [2.24, 2.45) is 0 Å². The van der Waals surface area contributed by atoms with E-state index in [0.717, 1.165) is 40.0 Å². The maximum absolute atomic E-state index is 12.2. The Morgan fingerprint density at radius 2 is 2.04 bits per heavy atom.